The summed E-state index contributed by atoms with van der Waals surface area (Å²) in [6, 6.07) is 7.72. The predicted octanol–water partition coefficient (Wildman–Crippen LogP) is 6.84. The summed E-state index contributed by atoms with van der Waals surface area (Å²) in [4.78, 5) is 23.9. The second-order valence-corrected chi connectivity index (χ2v) is 16.9. The van der Waals surface area contributed by atoms with Gasteiger partial charge in [-0.1, -0.05) is 67.5 Å². The van der Waals surface area contributed by atoms with E-state index in [1.165, 1.54) is 6.92 Å². The number of fused-ring (bicyclic) bond motifs is 1. The lowest BCUT2D eigenvalue weighted by Crippen LogP contribution is -2.58. The van der Waals surface area contributed by atoms with Crippen LogP contribution in [0.15, 0.2) is 46.2 Å². The number of carbonyl (C=O) groups is 1. The van der Waals surface area contributed by atoms with Gasteiger partial charge in [-0.3, -0.25) is 14.3 Å². The van der Waals surface area contributed by atoms with Crippen LogP contribution < -0.4 is 0 Å². The summed E-state index contributed by atoms with van der Waals surface area (Å²) in [7, 11) is -9.38. The van der Waals surface area contributed by atoms with Gasteiger partial charge in [-0.2, -0.15) is 16.8 Å². The molecule has 2 fully saturated rings. The van der Waals surface area contributed by atoms with Crippen LogP contribution in [0, 0.1) is 10.1 Å². The Bertz CT molecular complexity index is 1750. The van der Waals surface area contributed by atoms with Crippen LogP contribution in [0.25, 0.3) is 0 Å². The van der Waals surface area contributed by atoms with Gasteiger partial charge < -0.3 is 14.2 Å². The van der Waals surface area contributed by atoms with Crippen molar-refractivity contribution in [3.63, 3.8) is 0 Å². The van der Waals surface area contributed by atoms with Crippen molar-refractivity contribution in [1.82, 2.24) is 0 Å². The Hall–Kier alpha value is -2.95. The van der Waals surface area contributed by atoms with Gasteiger partial charge in [0.2, 0.25) is 0 Å². The molecule has 4 atom stereocenters. The van der Waals surface area contributed by atoms with E-state index in [0.717, 1.165) is 29.8 Å². The summed E-state index contributed by atoms with van der Waals surface area (Å²) in [6.45, 7) is 16.7. The Morgan fingerprint density at radius 1 is 0.880 bits per heavy atom. The Balaban J connectivity index is 1.88. The lowest BCUT2D eigenvalue weighted by atomic mass is 9.79. The molecule has 13 nitrogen and oxygen atoms in total. The number of rotatable bonds is 14. The van der Waals surface area contributed by atoms with E-state index in [1.54, 1.807) is 0 Å². The van der Waals surface area contributed by atoms with Crippen molar-refractivity contribution in [3.8, 4) is 0 Å². The number of esters is 1. The number of hydrogen-bond donors (Lipinski definition) is 0. The topological polar surface area (TPSA) is 175 Å². The maximum atomic E-state index is 14.6. The van der Waals surface area contributed by atoms with Gasteiger partial charge in [0.1, 0.15) is 17.1 Å². The van der Waals surface area contributed by atoms with Crippen LogP contribution in [0.4, 0.5) is 5.69 Å². The molecule has 1 heterocycles. The van der Waals surface area contributed by atoms with E-state index in [9.17, 15) is 31.7 Å². The molecule has 0 bridgehead atoms. The van der Waals surface area contributed by atoms with E-state index >= 15 is 0 Å². The smallest absolute Gasteiger partial charge is 0.340 e. The van der Waals surface area contributed by atoms with E-state index < -0.39 is 72.1 Å². The fraction of sp³-hybridized carbons (Fsp3) is 0.629. The second kappa shape index (κ2) is 15.0. The normalized spacial score (nSPS) is 23.7. The van der Waals surface area contributed by atoms with Crippen LogP contribution in [-0.2, 0) is 47.6 Å². The molecule has 2 aromatic carbocycles. The molecule has 0 radical (unpaired) electrons. The molecule has 2 aliphatic rings. The van der Waals surface area contributed by atoms with Gasteiger partial charge in [-0.05, 0) is 66.3 Å². The van der Waals surface area contributed by atoms with Gasteiger partial charge >= 0.3 is 5.97 Å². The van der Waals surface area contributed by atoms with Gasteiger partial charge in [0.25, 0.3) is 25.9 Å². The fourth-order valence-corrected chi connectivity index (χ4v) is 9.56. The van der Waals surface area contributed by atoms with Crippen molar-refractivity contribution >= 4 is 31.9 Å². The molecule has 0 amide bonds. The Kier molecular flexibility index (Phi) is 11.9. The predicted molar refractivity (Wildman–Crippen MR) is 184 cm³/mol. The van der Waals surface area contributed by atoms with Crippen LogP contribution in [0.3, 0.4) is 0 Å². The number of carbonyl (C=O) groups excluding carboxylic acids is 1. The molecule has 1 saturated heterocycles. The first kappa shape index (κ1) is 39.8. The summed E-state index contributed by atoms with van der Waals surface area (Å²) in [6.07, 6.45) is -3.69. The summed E-state index contributed by atoms with van der Waals surface area (Å²) in [5.41, 5.74) is -0.536. The minimum atomic E-state index is -4.79. The summed E-state index contributed by atoms with van der Waals surface area (Å²) in [5.74, 6) is -2.50. The largest absolute Gasteiger partial charge is 0.464 e. The molecule has 1 aliphatic carbocycles. The third kappa shape index (κ3) is 7.92. The zero-order valence-corrected chi connectivity index (χ0v) is 31.8. The molecule has 1 saturated carbocycles. The number of nitrogens with zero attached hydrogens (tertiary/aromatic N) is 1. The first-order valence-electron chi connectivity index (χ1n) is 17.1. The van der Waals surface area contributed by atoms with Crippen LogP contribution in [0.1, 0.15) is 122 Å². The molecule has 15 heteroatoms. The van der Waals surface area contributed by atoms with E-state index in [4.69, 9.17) is 22.6 Å². The summed E-state index contributed by atoms with van der Waals surface area (Å²) < 4.78 is 86.6. The number of hydrogen-bond acceptors (Lipinski definition) is 12. The van der Waals surface area contributed by atoms with Crippen LogP contribution in [-0.4, -0.2) is 64.0 Å². The Morgan fingerprint density at radius 2 is 1.44 bits per heavy atom. The number of nitro benzene ring substituents is 1. The lowest BCUT2D eigenvalue weighted by Gasteiger charge is -2.41. The minimum Gasteiger partial charge on any atom is -0.464 e. The number of nitro groups is 1. The maximum Gasteiger partial charge on any atom is 0.340 e. The van der Waals surface area contributed by atoms with Crippen molar-refractivity contribution in [2.75, 3.05) is 6.61 Å². The maximum absolute atomic E-state index is 14.6. The fourth-order valence-electron chi connectivity index (χ4n) is 6.60. The first-order valence-corrected chi connectivity index (χ1v) is 19.9. The third-order valence-electron chi connectivity index (χ3n) is 9.42. The Morgan fingerprint density at radius 3 is 1.90 bits per heavy atom. The number of ether oxygens (including phenoxy) is 3. The van der Waals surface area contributed by atoms with Crippen molar-refractivity contribution in [2.45, 2.75) is 145 Å². The summed E-state index contributed by atoms with van der Waals surface area (Å²) in [5, 5.41) is 11.2. The Labute approximate surface area is 295 Å². The van der Waals surface area contributed by atoms with Crippen molar-refractivity contribution in [1.29, 1.82) is 0 Å². The van der Waals surface area contributed by atoms with E-state index in [2.05, 4.69) is 0 Å². The summed E-state index contributed by atoms with van der Waals surface area (Å²) >= 11 is 0. The third-order valence-corrected chi connectivity index (χ3v) is 12.3. The van der Waals surface area contributed by atoms with E-state index in [-0.39, 0.29) is 41.4 Å². The highest BCUT2D eigenvalue weighted by Crippen LogP contribution is 2.48. The molecule has 4 rings (SSSR count). The van der Waals surface area contributed by atoms with Gasteiger partial charge in [0.15, 0.2) is 11.4 Å². The molecule has 2 aromatic rings. The zero-order chi connectivity index (χ0) is 37.4. The number of non-ortho nitro benzene ring substituents is 1. The average Bonchev–Trinajstić information content (AvgIpc) is 3.43. The molecular weight excluding hydrogens is 691 g/mol. The zero-order valence-electron chi connectivity index (χ0n) is 30.1. The van der Waals surface area contributed by atoms with Crippen molar-refractivity contribution < 1.29 is 49.1 Å². The minimum absolute atomic E-state index is 0.0198. The molecular formula is C35H49NO12S2. The van der Waals surface area contributed by atoms with Crippen LogP contribution in [0.5, 0.6) is 0 Å². The highest BCUT2D eigenvalue weighted by atomic mass is 32.2. The van der Waals surface area contributed by atoms with Gasteiger partial charge in [-0.15, -0.1) is 0 Å². The second-order valence-electron chi connectivity index (χ2n) is 13.8. The standard InChI is InChI=1S/C35H49NO12S2/c1-10-35(11-2)45-29-19-34(33(37)44-12-3,48-49(40,41)26-15-13-25(14-16-26)36(38)39)20-30(31(29)46-35)47-50(42,43)32-27(22(6)7)17-24(21(4)5)18-28(32)23(8)9/h13-18,21-23,29-31H,10-12,19-20H2,1-9H3. The molecule has 278 valence electrons. The quantitative estimate of drug-likeness (QED) is 0.0855. The first-order chi connectivity index (χ1) is 23.2. The van der Waals surface area contributed by atoms with Gasteiger partial charge in [0, 0.05) is 25.0 Å². The highest BCUT2D eigenvalue weighted by Gasteiger charge is 2.62. The molecule has 1 aliphatic heterocycles. The van der Waals surface area contributed by atoms with Gasteiger partial charge in [-0.25, -0.2) is 8.98 Å². The molecule has 50 heavy (non-hydrogen) atoms. The van der Waals surface area contributed by atoms with E-state index in [1.807, 2.05) is 67.5 Å². The average molecular weight is 740 g/mol. The lowest BCUT2D eigenvalue weighted by molar-refractivity contribution is -0.384. The van der Waals surface area contributed by atoms with Crippen LogP contribution >= 0.6 is 0 Å². The van der Waals surface area contributed by atoms with Crippen molar-refractivity contribution in [3.05, 3.63) is 63.2 Å². The molecule has 4 unspecified atom stereocenters. The molecule has 0 spiro atoms. The SMILES string of the molecule is CCOC(=O)C1(OS(=O)(=O)c2ccc([N+](=O)[O-])cc2)CC2OC(CC)(CC)OC2C(OS(=O)(=O)c2c(C(C)C)cc(C(C)C)cc2C(C)C)C1. The highest BCUT2D eigenvalue weighted by molar-refractivity contribution is 7.87. The molecule has 0 aromatic heterocycles. The number of benzene rings is 2. The molecule has 0 N–H and O–H groups in total. The van der Waals surface area contributed by atoms with Crippen LogP contribution in [0.2, 0.25) is 0 Å². The monoisotopic (exact) mass is 739 g/mol. The van der Waals surface area contributed by atoms with Crippen molar-refractivity contribution in [2.24, 2.45) is 0 Å². The van der Waals surface area contributed by atoms with E-state index in [0.29, 0.717) is 24.0 Å². The van der Waals surface area contributed by atoms with Gasteiger partial charge in [0.05, 0.1) is 22.5 Å².